The van der Waals surface area contributed by atoms with E-state index < -0.39 is 0 Å². The summed E-state index contributed by atoms with van der Waals surface area (Å²) < 4.78 is 13.0. The lowest BCUT2D eigenvalue weighted by molar-refractivity contribution is 0.633. The summed E-state index contributed by atoms with van der Waals surface area (Å²) in [6.45, 7) is 3.94. The number of halogens is 1. The number of hydrogen-bond donors (Lipinski definition) is 1. The smallest absolute Gasteiger partial charge is 0.122 e. The summed E-state index contributed by atoms with van der Waals surface area (Å²) in [6.07, 6.45) is 8.43. The number of nitrogens with zero attached hydrogens (tertiary/aromatic N) is 1. The van der Waals surface area contributed by atoms with Crippen molar-refractivity contribution in [3.8, 4) is 0 Å². The number of allylic oxidation sites excluding steroid dienone is 4. The van der Waals surface area contributed by atoms with E-state index in [-0.39, 0.29) is 17.8 Å². The number of rotatable bonds is 4. The monoisotopic (exact) mass is 284 g/mol. The summed E-state index contributed by atoms with van der Waals surface area (Å²) in [7, 11) is 0. The summed E-state index contributed by atoms with van der Waals surface area (Å²) >= 11 is 6.35. The van der Waals surface area contributed by atoms with Gasteiger partial charge in [-0.05, 0) is 26.0 Å². The third-order valence-electron chi connectivity index (χ3n) is 2.43. The van der Waals surface area contributed by atoms with E-state index >= 15 is 0 Å². The first kappa shape index (κ1) is 15.1. The predicted molar refractivity (Wildman–Crippen MR) is 82.8 cm³/mol. The predicted octanol–water partition coefficient (Wildman–Crippen LogP) is 3.41. The maximum absolute atomic E-state index is 13.0. The second-order valence-electron chi connectivity index (χ2n) is 4.02. The van der Waals surface area contributed by atoms with Crippen LogP contribution in [0.1, 0.15) is 13.8 Å². The molecule has 0 bridgehead atoms. The first-order valence-corrected chi connectivity index (χ1v) is 7.06. The molecule has 0 heterocycles. The van der Waals surface area contributed by atoms with E-state index in [1.807, 2.05) is 26.0 Å². The van der Waals surface area contributed by atoms with Gasteiger partial charge in [-0.15, -0.1) is 11.8 Å². The number of aliphatic imine (C=N–C) groups is 1. The third kappa shape index (κ3) is 5.60. The van der Waals surface area contributed by atoms with Gasteiger partial charge >= 0.3 is 0 Å². The van der Waals surface area contributed by atoms with Crippen molar-refractivity contribution in [2.75, 3.05) is 5.75 Å². The largest absolute Gasteiger partial charge is 0.393 e. The van der Waals surface area contributed by atoms with Gasteiger partial charge in [0.15, 0.2) is 0 Å². The Kier molecular flexibility index (Phi) is 6.29. The van der Waals surface area contributed by atoms with Crippen LogP contribution in [-0.4, -0.2) is 21.8 Å². The zero-order valence-corrected chi connectivity index (χ0v) is 12.1. The Morgan fingerprint density at radius 2 is 2.33 bits per heavy atom. The van der Waals surface area contributed by atoms with Crippen LogP contribution in [0.3, 0.4) is 0 Å². The number of hydrogen-bond acceptors (Lipinski definition) is 3. The highest BCUT2D eigenvalue weighted by atomic mass is 32.2. The average Bonchev–Trinajstić information content (AvgIpc) is 2.51. The van der Waals surface area contributed by atoms with E-state index in [0.29, 0.717) is 10.7 Å². The van der Waals surface area contributed by atoms with Gasteiger partial charge in [-0.25, -0.2) is 4.39 Å². The summed E-state index contributed by atoms with van der Waals surface area (Å²) in [5.41, 5.74) is 5.43. The van der Waals surface area contributed by atoms with Gasteiger partial charge in [-0.3, -0.25) is 4.99 Å². The Bertz CT molecular complexity index is 425. The molecule has 0 saturated heterocycles. The summed E-state index contributed by atoms with van der Waals surface area (Å²) in [4.78, 5) is 5.03. The topological polar surface area (TPSA) is 38.4 Å². The molecule has 2 unspecified atom stereocenters. The van der Waals surface area contributed by atoms with Crippen LogP contribution in [-0.2, 0) is 0 Å². The quantitative estimate of drug-likeness (QED) is 0.488. The van der Waals surface area contributed by atoms with Crippen LogP contribution in [0, 0.1) is 5.92 Å². The molecule has 0 aromatic heterocycles. The maximum atomic E-state index is 13.0. The molecule has 0 aromatic rings. The lowest BCUT2D eigenvalue weighted by Crippen LogP contribution is -2.14. The molecule has 0 aliphatic heterocycles. The Morgan fingerprint density at radius 1 is 1.61 bits per heavy atom. The molecule has 1 aliphatic carbocycles. The molecule has 2 nitrogen and oxygen atoms in total. The van der Waals surface area contributed by atoms with Crippen molar-refractivity contribution in [3.63, 3.8) is 0 Å². The fraction of sp³-hybridized carbons (Fsp3) is 0.385. The molecule has 1 aliphatic rings. The Labute approximate surface area is 117 Å². The van der Waals surface area contributed by atoms with Crippen LogP contribution in [0.15, 0.2) is 41.2 Å². The number of thioether (sulfide) groups is 1. The first-order chi connectivity index (χ1) is 8.49. The van der Waals surface area contributed by atoms with Crippen LogP contribution in [0.5, 0.6) is 0 Å². The van der Waals surface area contributed by atoms with Crippen molar-refractivity contribution in [1.29, 1.82) is 0 Å². The molecular formula is C13H17FN2S2. The molecule has 0 saturated carbocycles. The van der Waals surface area contributed by atoms with E-state index in [1.54, 1.807) is 6.08 Å². The maximum Gasteiger partial charge on any atom is 0.122 e. The van der Waals surface area contributed by atoms with Gasteiger partial charge in [-0.1, -0.05) is 30.4 Å². The van der Waals surface area contributed by atoms with E-state index in [2.05, 4.69) is 4.99 Å². The van der Waals surface area contributed by atoms with Crippen LogP contribution in [0.4, 0.5) is 4.39 Å². The fourth-order valence-electron chi connectivity index (χ4n) is 1.51. The molecule has 98 valence electrons. The van der Waals surface area contributed by atoms with Crippen molar-refractivity contribution in [2.24, 2.45) is 16.6 Å². The molecule has 5 heteroatoms. The van der Waals surface area contributed by atoms with Gasteiger partial charge in [0.2, 0.25) is 0 Å². The Morgan fingerprint density at radius 3 is 3.00 bits per heavy atom. The van der Waals surface area contributed by atoms with Crippen molar-refractivity contribution in [3.05, 3.63) is 36.2 Å². The van der Waals surface area contributed by atoms with Crippen molar-refractivity contribution >= 4 is 34.0 Å². The molecule has 18 heavy (non-hydrogen) atoms. The lowest BCUT2D eigenvalue weighted by Gasteiger charge is -2.14. The third-order valence-corrected chi connectivity index (χ3v) is 3.74. The van der Waals surface area contributed by atoms with E-state index in [9.17, 15) is 4.39 Å². The molecule has 0 amide bonds. The van der Waals surface area contributed by atoms with Crippen molar-refractivity contribution in [1.82, 2.24) is 0 Å². The summed E-state index contributed by atoms with van der Waals surface area (Å²) in [5.74, 6) is 0.476. The van der Waals surface area contributed by atoms with E-state index in [1.165, 1.54) is 23.9 Å². The molecule has 0 aromatic carbocycles. The van der Waals surface area contributed by atoms with E-state index in [0.717, 1.165) is 5.04 Å². The van der Waals surface area contributed by atoms with Gasteiger partial charge in [0, 0.05) is 11.7 Å². The van der Waals surface area contributed by atoms with E-state index in [4.69, 9.17) is 18.0 Å². The highest BCUT2D eigenvalue weighted by Gasteiger charge is 2.12. The van der Waals surface area contributed by atoms with Crippen molar-refractivity contribution in [2.45, 2.75) is 19.9 Å². The average molecular weight is 284 g/mol. The fourth-order valence-corrected chi connectivity index (χ4v) is 2.27. The van der Waals surface area contributed by atoms with Crippen LogP contribution < -0.4 is 5.73 Å². The summed E-state index contributed by atoms with van der Waals surface area (Å²) in [5, 5.41) is 0.940. The SMILES string of the molecule is CC(=NC(C)C1C=CC=C(F)C=C1)SCC(N)=S. The highest BCUT2D eigenvalue weighted by Crippen LogP contribution is 2.18. The Balaban J connectivity index is 2.59. The van der Waals surface area contributed by atoms with Crippen LogP contribution >= 0.6 is 24.0 Å². The van der Waals surface area contributed by atoms with Gasteiger partial charge in [0.1, 0.15) is 5.83 Å². The van der Waals surface area contributed by atoms with Crippen LogP contribution in [0.25, 0.3) is 0 Å². The van der Waals surface area contributed by atoms with Gasteiger partial charge in [0.25, 0.3) is 0 Å². The number of nitrogens with two attached hydrogens (primary N) is 1. The molecule has 2 N–H and O–H groups in total. The molecule has 0 radical (unpaired) electrons. The summed E-state index contributed by atoms with van der Waals surface area (Å²) in [6, 6.07) is 0.0654. The molecular weight excluding hydrogens is 267 g/mol. The normalized spacial score (nSPS) is 21.4. The standard InChI is InChI=1S/C13H17FN2S2/c1-9(16-10(2)18-8-13(15)17)11-4-3-5-12(14)7-6-11/h3-7,9,11H,8H2,1-2H3,(H2,15,17). The first-order valence-electron chi connectivity index (χ1n) is 5.66. The molecule has 0 spiro atoms. The molecule has 1 rings (SSSR count). The highest BCUT2D eigenvalue weighted by molar-refractivity contribution is 8.14. The zero-order valence-electron chi connectivity index (χ0n) is 10.5. The second kappa shape index (κ2) is 7.48. The van der Waals surface area contributed by atoms with Gasteiger partial charge in [0.05, 0.1) is 16.1 Å². The van der Waals surface area contributed by atoms with Crippen molar-refractivity contribution < 1.29 is 4.39 Å². The zero-order chi connectivity index (χ0) is 13.5. The van der Waals surface area contributed by atoms with Gasteiger partial charge in [-0.2, -0.15) is 0 Å². The second-order valence-corrected chi connectivity index (χ2v) is 5.71. The van der Waals surface area contributed by atoms with Gasteiger partial charge < -0.3 is 5.73 Å². The number of thiocarbonyl (C=S) groups is 1. The lowest BCUT2D eigenvalue weighted by atomic mass is 10.0. The molecule has 2 atom stereocenters. The Hall–Kier alpha value is -0.940. The minimum Gasteiger partial charge on any atom is -0.393 e. The minimum atomic E-state index is -0.232. The van der Waals surface area contributed by atoms with Crippen LogP contribution in [0.2, 0.25) is 0 Å². The molecule has 0 fully saturated rings. The minimum absolute atomic E-state index is 0.0654.